The molecule has 0 saturated heterocycles. The van der Waals surface area contributed by atoms with Gasteiger partial charge in [0, 0.05) is 18.4 Å². The Bertz CT molecular complexity index is 1030. The SMILES string of the molecule is CCCCCCCCOCc1ccc(-c2ccc(OC(=O)c3ccc(CCCCCC)cc3)cc2)nc1. The monoisotopic (exact) mass is 501 g/mol. The summed E-state index contributed by atoms with van der Waals surface area (Å²) in [6.45, 7) is 5.86. The highest BCUT2D eigenvalue weighted by Gasteiger charge is 2.09. The van der Waals surface area contributed by atoms with Gasteiger partial charge in [0.15, 0.2) is 0 Å². The predicted octanol–water partition coefficient (Wildman–Crippen LogP) is 8.97. The summed E-state index contributed by atoms with van der Waals surface area (Å²) in [5.41, 5.74) is 4.77. The van der Waals surface area contributed by atoms with Gasteiger partial charge in [0.25, 0.3) is 0 Å². The number of nitrogens with zero attached hydrogens (tertiary/aromatic N) is 1. The van der Waals surface area contributed by atoms with E-state index in [1.165, 1.54) is 63.4 Å². The number of unbranched alkanes of at least 4 members (excludes halogenated alkanes) is 8. The molecule has 37 heavy (non-hydrogen) atoms. The zero-order chi connectivity index (χ0) is 26.1. The molecule has 0 unspecified atom stereocenters. The second-order valence-corrected chi connectivity index (χ2v) is 9.79. The van der Waals surface area contributed by atoms with Crippen LogP contribution in [0.3, 0.4) is 0 Å². The molecule has 4 nitrogen and oxygen atoms in total. The van der Waals surface area contributed by atoms with E-state index in [1.54, 1.807) is 0 Å². The fraction of sp³-hybridized carbons (Fsp3) is 0.455. The molecule has 0 aliphatic rings. The largest absolute Gasteiger partial charge is 0.423 e. The number of carbonyl (C=O) groups is 1. The lowest BCUT2D eigenvalue weighted by Crippen LogP contribution is -2.08. The highest BCUT2D eigenvalue weighted by atomic mass is 16.5. The van der Waals surface area contributed by atoms with Gasteiger partial charge < -0.3 is 9.47 Å². The first-order chi connectivity index (χ1) is 18.2. The maximum atomic E-state index is 12.6. The van der Waals surface area contributed by atoms with Crippen molar-refractivity contribution in [3.8, 4) is 17.0 Å². The summed E-state index contributed by atoms with van der Waals surface area (Å²) in [6.07, 6.45) is 15.5. The summed E-state index contributed by atoms with van der Waals surface area (Å²) in [7, 11) is 0. The van der Waals surface area contributed by atoms with E-state index >= 15 is 0 Å². The lowest BCUT2D eigenvalue weighted by Gasteiger charge is -2.08. The van der Waals surface area contributed by atoms with Crippen LogP contribution in [0.25, 0.3) is 11.3 Å². The Balaban J connectivity index is 1.42. The van der Waals surface area contributed by atoms with Crippen molar-refractivity contribution in [2.24, 2.45) is 0 Å². The number of ether oxygens (including phenoxy) is 2. The predicted molar refractivity (Wildman–Crippen MR) is 152 cm³/mol. The molecule has 1 aromatic heterocycles. The van der Waals surface area contributed by atoms with Crippen molar-refractivity contribution in [3.05, 3.63) is 83.6 Å². The third-order valence-corrected chi connectivity index (χ3v) is 6.60. The maximum absolute atomic E-state index is 12.6. The Labute approximate surface area is 223 Å². The van der Waals surface area contributed by atoms with E-state index in [-0.39, 0.29) is 5.97 Å². The summed E-state index contributed by atoms with van der Waals surface area (Å²) < 4.78 is 11.4. The second kappa shape index (κ2) is 16.7. The molecular weight excluding hydrogens is 458 g/mol. The van der Waals surface area contributed by atoms with E-state index in [0.29, 0.717) is 17.9 Å². The number of hydrogen-bond acceptors (Lipinski definition) is 4. The van der Waals surface area contributed by atoms with Gasteiger partial charge in [-0.05, 0) is 72.9 Å². The minimum Gasteiger partial charge on any atom is -0.423 e. The zero-order valence-electron chi connectivity index (χ0n) is 22.7. The Morgan fingerprint density at radius 3 is 2.03 bits per heavy atom. The standard InChI is InChI=1S/C33H43NO3/c1-3-5-7-9-10-12-24-36-26-28-16-23-32(34-25-28)29-19-21-31(22-20-29)37-33(35)30-17-14-27(15-18-30)13-11-8-6-4-2/h14-23,25H,3-13,24,26H2,1-2H3. The number of esters is 1. The Morgan fingerprint density at radius 2 is 1.35 bits per heavy atom. The van der Waals surface area contributed by atoms with Crippen LogP contribution in [0.1, 0.15) is 99.5 Å². The summed E-state index contributed by atoms with van der Waals surface area (Å²) in [5, 5.41) is 0. The third kappa shape index (κ3) is 10.5. The van der Waals surface area contributed by atoms with Crippen molar-refractivity contribution in [2.75, 3.05) is 6.61 Å². The highest BCUT2D eigenvalue weighted by molar-refractivity contribution is 5.91. The fourth-order valence-corrected chi connectivity index (χ4v) is 4.28. The molecule has 4 heteroatoms. The molecule has 198 valence electrons. The first-order valence-electron chi connectivity index (χ1n) is 14.1. The molecule has 0 atom stereocenters. The number of aromatic nitrogens is 1. The Morgan fingerprint density at radius 1 is 0.703 bits per heavy atom. The van der Waals surface area contributed by atoms with Gasteiger partial charge in [-0.25, -0.2) is 4.79 Å². The van der Waals surface area contributed by atoms with Crippen molar-refractivity contribution < 1.29 is 14.3 Å². The van der Waals surface area contributed by atoms with Gasteiger partial charge in [-0.2, -0.15) is 0 Å². The van der Waals surface area contributed by atoms with Crippen LogP contribution in [0.2, 0.25) is 0 Å². The van der Waals surface area contributed by atoms with E-state index in [0.717, 1.165) is 36.3 Å². The van der Waals surface area contributed by atoms with Crippen LogP contribution in [0.5, 0.6) is 5.75 Å². The first kappa shape index (κ1) is 28.6. The summed E-state index contributed by atoms with van der Waals surface area (Å²) in [4.78, 5) is 17.1. The Kier molecular flexibility index (Phi) is 12.9. The number of benzene rings is 2. The van der Waals surface area contributed by atoms with Crippen LogP contribution < -0.4 is 4.74 Å². The molecule has 0 fully saturated rings. The second-order valence-electron chi connectivity index (χ2n) is 9.79. The van der Waals surface area contributed by atoms with Crippen LogP contribution in [-0.2, 0) is 17.8 Å². The minimum atomic E-state index is -0.339. The molecule has 2 aromatic carbocycles. The molecular formula is C33H43NO3. The van der Waals surface area contributed by atoms with E-state index in [9.17, 15) is 4.79 Å². The quantitative estimate of drug-likeness (QED) is 0.105. The van der Waals surface area contributed by atoms with Crippen LogP contribution >= 0.6 is 0 Å². The van der Waals surface area contributed by atoms with Crippen LogP contribution in [0.15, 0.2) is 66.9 Å². The van der Waals surface area contributed by atoms with Crippen molar-refractivity contribution in [2.45, 2.75) is 91.1 Å². The fourth-order valence-electron chi connectivity index (χ4n) is 4.28. The zero-order valence-corrected chi connectivity index (χ0v) is 22.7. The van der Waals surface area contributed by atoms with Crippen LogP contribution in [0, 0.1) is 0 Å². The van der Waals surface area contributed by atoms with Gasteiger partial charge >= 0.3 is 5.97 Å². The van der Waals surface area contributed by atoms with Crippen LogP contribution in [-0.4, -0.2) is 17.6 Å². The van der Waals surface area contributed by atoms with Gasteiger partial charge in [0.05, 0.1) is 17.9 Å². The summed E-state index contributed by atoms with van der Waals surface area (Å²) in [6, 6.07) is 19.3. The lowest BCUT2D eigenvalue weighted by molar-refractivity contribution is 0.0734. The van der Waals surface area contributed by atoms with Gasteiger partial charge in [0.1, 0.15) is 5.75 Å². The number of carbonyl (C=O) groups excluding carboxylic acids is 1. The lowest BCUT2D eigenvalue weighted by atomic mass is 10.0. The smallest absolute Gasteiger partial charge is 0.343 e. The van der Waals surface area contributed by atoms with E-state index in [2.05, 4.69) is 24.9 Å². The molecule has 0 N–H and O–H groups in total. The molecule has 0 aliphatic heterocycles. The van der Waals surface area contributed by atoms with E-state index in [1.807, 2.05) is 60.8 Å². The van der Waals surface area contributed by atoms with Gasteiger partial charge in [0.2, 0.25) is 0 Å². The van der Waals surface area contributed by atoms with Crippen LogP contribution in [0.4, 0.5) is 0 Å². The molecule has 3 rings (SSSR count). The van der Waals surface area contributed by atoms with E-state index < -0.39 is 0 Å². The topological polar surface area (TPSA) is 48.4 Å². The number of rotatable bonds is 17. The Hall–Kier alpha value is -2.98. The molecule has 0 aliphatic carbocycles. The third-order valence-electron chi connectivity index (χ3n) is 6.60. The molecule has 0 saturated carbocycles. The maximum Gasteiger partial charge on any atom is 0.343 e. The van der Waals surface area contributed by atoms with Crippen molar-refractivity contribution in [1.82, 2.24) is 4.98 Å². The number of aryl methyl sites for hydroxylation is 1. The molecule has 0 radical (unpaired) electrons. The molecule has 0 spiro atoms. The molecule has 3 aromatic rings. The van der Waals surface area contributed by atoms with E-state index in [4.69, 9.17) is 9.47 Å². The average molecular weight is 502 g/mol. The average Bonchev–Trinajstić information content (AvgIpc) is 2.94. The first-order valence-corrected chi connectivity index (χ1v) is 14.1. The van der Waals surface area contributed by atoms with Crippen molar-refractivity contribution in [3.63, 3.8) is 0 Å². The summed E-state index contributed by atoms with van der Waals surface area (Å²) >= 11 is 0. The molecule has 1 heterocycles. The van der Waals surface area contributed by atoms with Gasteiger partial charge in [-0.15, -0.1) is 0 Å². The van der Waals surface area contributed by atoms with Gasteiger partial charge in [-0.1, -0.05) is 83.4 Å². The number of pyridine rings is 1. The molecule has 0 amide bonds. The number of hydrogen-bond donors (Lipinski definition) is 0. The summed E-state index contributed by atoms with van der Waals surface area (Å²) in [5.74, 6) is 0.186. The highest BCUT2D eigenvalue weighted by Crippen LogP contribution is 2.22. The van der Waals surface area contributed by atoms with Gasteiger partial charge in [-0.3, -0.25) is 4.98 Å². The molecule has 0 bridgehead atoms. The normalized spacial score (nSPS) is 11.0. The van der Waals surface area contributed by atoms with Crippen molar-refractivity contribution in [1.29, 1.82) is 0 Å². The van der Waals surface area contributed by atoms with Crippen molar-refractivity contribution >= 4 is 5.97 Å². The minimum absolute atomic E-state index is 0.339.